The van der Waals surface area contributed by atoms with Crippen LogP contribution < -0.4 is 21.5 Å². The Hall–Kier alpha value is -2.78. The zero-order chi connectivity index (χ0) is 18.2. The molecular formula is C15H13ClFN5O2S. The average Bonchev–Trinajstić information content (AvgIpc) is 2.60. The Morgan fingerprint density at radius 1 is 1.16 bits per heavy atom. The van der Waals surface area contributed by atoms with Gasteiger partial charge in [0.05, 0.1) is 6.54 Å². The number of amides is 2. The summed E-state index contributed by atoms with van der Waals surface area (Å²) in [4.78, 5) is 27.3. The molecule has 2 aromatic rings. The molecule has 0 bridgehead atoms. The van der Waals surface area contributed by atoms with E-state index in [0.29, 0.717) is 10.7 Å². The van der Waals surface area contributed by atoms with Crippen LogP contribution in [0.4, 0.5) is 10.1 Å². The first kappa shape index (κ1) is 18.6. The molecule has 0 unspecified atom stereocenters. The summed E-state index contributed by atoms with van der Waals surface area (Å²) in [7, 11) is 0. The SMILES string of the molecule is O=C(CNC(=O)c1cc(Cl)ccn1)NNC(=S)Nc1ccc(F)cc1. The lowest BCUT2D eigenvalue weighted by Gasteiger charge is -2.12. The number of nitrogens with one attached hydrogen (secondary N) is 4. The van der Waals surface area contributed by atoms with Gasteiger partial charge in [-0.05, 0) is 48.6 Å². The number of halogens is 2. The second-order valence-electron chi connectivity index (χ2n) is 4.68. The summed E-state index contributed by atoms with van der Waals surface area (Å²) in [6, 6.07) is 8.43. The van der Waals surface area contributed by atoms with E-state index in [-0.39, 0.29) is 23.2 Å². The van der Waals surface area contributed by atoms with Gasteiger partial charge in [0, 0.05) is 16.9 Å². The van der Waals surface area contributed by atoms with E-state index in [1.165, 1.54) is 42.6 Å². The van der Waals surface area contributed by atoms with Crippen LogP contribution in [0.15, 0.2) is 42.6 Å². The van der Waals surface area contributed by atoms with Crippen molar-refractivity contribution in [3.63, 3.8) is 0 Å². The number of rotatable bonds is 4. The topological polar surface area (TPSA) is 95.2 Å². The number of hydrogen-bond acceptors (Lipinski definition) is 4. The molecule has 130 valence electrons. The van der Waals surface area contributed by atoms with Crippen LogP contribution in [-0.2, 0) is 4.79 Å². The zero-order valence-electron chi connectivity index (χ0n) is 12.7. The molecule has 1 aromatic heterocycles. The smallest absolute Gasteiger partial charge is 0.270 e. The predicted octanol–water partition coefficient (Wildman–Crippen LogP) is 1.62. The highest BCUT2D eigenvalue weighted by atomic mass is 35.5. The first-order valence-corrected chi connectivity index (χ1v) is 7.74. The van der Waals surface area contributed by atoms with Crippen LogP contribution in [0.25, 0.3) is 0 Å². The Morgan fingerprint density at radius 3 is 2.56 bits per heavy atom. The largest absolute Gasteiger partial charge is 0.342 e. The fraction of sp³-hybridized carbons (Fsp3) is 0.0667. The van der Waals surface area contributed by atoms with Gasteiger partial charge < -0.3 is 10.6 Å². The van der Waals surface area contributed by atoms with E-state index in [0.717, 1.165) is 0 Å². The fourth-order valence-electron chi connectivity index (χ4n) is 1.65. The number of nitrogens with zero attached hydrogens (tertiary/aromatic N) is 1. The molecule has 2 amide bonds. The number of carbonyl (C=O) groups excluding carboxylic acids is 2. The third-order valence-electron chi connectivity index (χ3n) is 2.78. The van der Waals surface area contributed by atoms with Crippen LogP contribution in [-0.4, -0.2) is 28.5 Å². The standard InChI is InChI=1S/C15H13ClFN5O2S/c16-9-5-6-18-12(7-9)14(24)19-8-13(23)21-22-15(25)20-11-3-1-10(17)2-4-11/h1-7H,8H2,(H,19,24)(H,21,23)(H2,20,22,25). The van der Waals surface area contributed by atoms with Gasteiger partial charge in [-0.25, -0.2) is 4.39 Å². The van der Waals surface area contributed by atoms with Gasteiger partial charge in [-0.3, -0.25) is 25.4 Å². The maximum atomic E-state index is 12.8. The molecule has 25 heavy (non-hydrogen) atoms. The number of benzene rings is 1. The minimum Gasteiger partial charge on any atom is -0.342 e. The van der Waals surface area contributed by atoms with Crippen molar-refractivity contribution in [3.05, 3.63) is 59.1 Å². The van der Waals surface area contributed by atoms with E-state index < -0.39 is 11.8 Å². The van der Waals surface area contributed by atoms with Crippen LogP contribution >= 0.6 is 23.8 Å². The molecule has 0 saturated heterocycles. The highest BCUT2D eigenvalue weighted by Gasteiger charge is 2.10. The van der Waals surface area contributed by atoms with E-state index in [9.17, 15) is 14.0 Å². The van der Waals surface area contributed by atoms with Crippen LogP contribution in [0.1, 0.15) is 10.5 Å². The average molecular weight is 382 g/mol. The number of thiocarbonyl (C=S) groups is 1. The number of carbonyl (C=O) groups is 2. The van der Waals surface area contributed by atoms with Crippen LogP contribution in [0.3, 0.4) is 0 Å². The maximum Gasteiger partial charge on any atom is 0.270 e. The molecule has 0 fully saturated rings. The van der Waals surface area contributed by atoms with Crippen LogP contribution in [0.2, 0.25) is 5.02 Å². The lowest BCUT2D eigenvalue weighted by molar-refractivity contribution is -0.120. The fourth-order valence-corrected chi connectivity index (χ4v) is 1.97. The van der Waals surface area contributed by atoms with Crippen molar-refractivity contribution >= 4 is 46.4 Å². The minimum absolute atomic E-state index is 0.0988. The Balaban J connectivity index is 1.72. The van der Waals surface area contributed by atoms with Crippen molar-refractivity contribution in [1.82, 2.24) is 21.2 Å². The van der Waals surface area contributed by atoms with Crippen LogP contribution in [0.5, 0.6) is 0 Å². The van der Waals surface area contributed by atoms with Crippen molar-refractivity contribution in [2.45, 2.75) is 0 Å². The quantitative estimate of drug-likeness (QED) is 0.475. The summed E-state index contributed by atoms with van der Waals surface area (Å²) in [5, 5.41) is 5.60. The molecule has 7 nitrogen and oxygen atoms in total. The summed E-state index contributed by atoms with van der Waals surface area (Å²) in [5.41, 5.74) is 5.41. The summed E-state index contributed by atoms with van der Waals surface area (Å²) in [5.74, 6) is -1.44. The van der Waals surface area contributed by atoms with Gasteiger partial charge in [0.15, 0.2) is 5.11 Å². The summed E-state index contributed by atoms with van der Waals surface area (Å²) < 4.78 is 12.8. The molecule has 0 aliphatic rings. The molecule has 2 rings (SSSR count). The lowest BCUT2D eigenvalue weighted by Crippen LogP contribution is -2.47. The van der Waals surface area contributed by atoms with Gasteiger partial charge in [-0.1, -0.05) is 11.6 Å². The van der Waals surface area contributed by atoms with Gasteiger partial charge in [0.1, 0.15) is 11.5 Å². The van der Waals surface area contributed by atoms with E-state index in [4.69, 9.17) is 23.8 Å². The number of aromatic nitrogens is 1. The van der Waals surface area contributed by atoms with Crippen molar-refractivity contribution in [3.8, 4) is 0 Å². The molecule has 1 heterocycles. The number of anilines is 1. The molecular weight excluding hydrogens is 369 g/mol. The molecule has 0 radical (unpaired) electrons. The van der Waals surface area contributed by atoms with Crippen molar-refractivity contribution in [2.75, 3.05) is 11.9 Å². The Labute approximate surface area is 152 Å². The second kappa shape index (κ2) is 8.90. The number of hydrogen-bond donors (Lipinski definition) is 4. The molecule has 0 aliphatic heterocycles. The molecule has 0 saturated carbocycles. The molecule has 0 spiro atoms. The van der Waals surface area contributed by atoms with E-state index >= 15 is 0 Å². The third-order valence-corrected chi connectivity index (χ3v) is 3.22. The molecule has 10 heteroatoms. The zero-order valence-corrected chi connectivity index (χ0v) is 14.2. The lowest BCUT2D eigenvalue weighted by atomic mass is 10.3. The van der Waals surface area contributed by atoms with E-state index in [2.05, 4.69) is 26.5 Å². The Kier molecular flexibility index (Phi) is 6.61. The van der Waals surface area contributed by atoms with Crippen molar-refractivity contribution in [2.24, 2.45) is 0 Å². The second-order valence-corrected chi connectivity index (χ2v) is 5.52. The van der Waals surface area contributed by atoms with E-state index in [1.54, 1.807) is 0 Å². The van der Waals surface area contributed by atoms with Gasteiger partial charge in [0.25, 0.3) is 11.8 Å². The first-order chi connectivity index (χ1) is 11.9. The van der Waals surface area contributed by atoms with Gasteiger partial charge in [-0.2, -0.15) is 0 Å². The van der Waals surface area contributed by atoms with Gasteiger partial charge >= 0.3 is 0 Å². The summed E-state index contributed by atoms with van der Waals surface area (Å²) in [6.45, 7) is -0.292. The predicted molar refractivity (Wildman–Crippen MR) is 95.5 cm³/mol. The minimum atomic E-state index is -0.537. The monoisotopic (exact) mass is 381 g/mol. The maximum absolute atomic E-state index is 12.8. The highest BCUT2D eigenvalue weighted by Crippen LogP contribution is 2.08. The summed E-state index contributed by atoms with van der Waals surface area (Å²) >= 11 is 10.7. The Bertz CT molecular complexity index is 788. The van der Waals surface area contributed by atoms with Gasteiger partial charge in [-0.15, -0.1) is 0 Å². The normalized spacial score (nSPS) is 9.84. The van der Waals surface area contributed by atoms with Gasteiger partial charge in [0.2, 0.25) is 0 Å². The summed E-state index contributed by atoms with van der Waals surface area (Å²) in [6.07, 6.45) is 1.39. The van der Waals surface area contributed by atoms with E-state index in [1.807, 2.05) is 0 Å². The Morgan fingerprint density at radius 2 is 1.88 bits per heavy atom. The van der Waals surface area contributed by atoms with Crippen molar-refractivity contribution in [1.29, 1.82) is 0 Å². The third kappa shape index (κ3) is 6.32. The number of pyridine rings is 1. The number of hydrazine groups is 1. The molecule has 4 N–H and O–H groups in total. The molecule has 1 aromatic carbocycles. The highest BCUT2D eigenvalue weighted by molar-refractivity contribution is 7.80. The first-order valence-electron chi connectivity index (χ1n) is 6.95. The molecule has 0 aliphatic carbocycles. The molecule has 0 atom stereocenters. The van der Waals surface area contributed by atoms with Crippen LogP contribution in [0, 0.1) is 5.82 Å². The van der Waals surface area contributed by atoms with Crippen molar-refractivity contribution < 1.29 is 14.0 Å².